The molecule has 0 spiro atoms. The van der Waals surface area contributed by atoms with Crippen molar-refractivity contribution in [2.45, 2.75) is 39.2 Å². The standard InChI is InChI=1S/C20H26N4O2/c1-2-7-19(25)23-11-6-8-17(15-23)20(26)21-12-16-13-22-24(14-16)18-9-4-3-5-10-18/h3-5,9-10,13-14,17H,2,6-8,11-12,15H2,1H3,(H,21,26)/t17-/m0/s1. The molecule has 2 amide bonds. The molecule has 6 nitrogen and oxygen atoms in total. The predicted octanol–water partition coefficient (Wildman–Crippen LogP) is 2.53. The van der Waals surface area contributed by atoms with Crippen LogP contribution in [-0.2, 0) is 16.1 Å². The number of carbonyl (C=O) groups excluding carboxylic acids is 2. The normalized spacial score (nSPS) is 17.1. The number of rotatable bonds is 6. The fourth-order valence-electron chi connectivity index (χ4n) is 3.30. The number of piperidine rings is 1. The molecule has 0 radical (unpaired) electrons. The lowest BCUT2D eigenvalue weighted by molar-refractivity contribution is -0.135. The number of nitrogens with zero attached hydrogens (tertiary/aromatic N) is 3. The monoisotopic (exact) mass is 354 g/mol. The second-order valence-corrected chi connectivity index (χ2v) is 6.78. The van der Waals surface area contributed by atoms with Crippen LogP contribution in [0.15, 0.2) is 42.7 Å². The van der Waals surface area contributed by atoms with E-state index in [1.807, 2.05) is 48.4 Å². The van der Waals surface area contributed by atoms with Crippen LogP contribution in [0.1, 0.15) is 38.2 Å². The van der Waals surface area contributed by atoms with Gasteiger partial charge in [0.2, 0.25) is 11.8 Å². The Morgan fingerprint density at radius 1 is 1.27 bits per heavy atom. The Bertz CT molecular complexity index is 741. The molecule has 26 heavy (non-hydrogen) atoms. The number of likely N-dealkylation sites (tertiary alicyclic amines) is 1. The Hall–Kier alpha value is -2.63. The van der Waals surface area contributed by atoms with Crippen LogP contribution >= 0.6 is 0 Å². The second kappa shape index (κ2) is 8.65. The van der Waals surface area contributed by atoms with Gasteiger partial charge in [0.05, 0.1) is 17.8 Å². The molecule has 1 fully saturated rings. The molecule has 1 saturated heterocycles. The minimum Gasteiger partial charge on any atom is -0.352 e. The van der Waals surface area contributed by atoms with E-state index < -0.39 is 0 Å². The first kappa shape index (κ1) is 18.2. The number of para-hydroxylation sites is 1. The lowest BCUT2D eigenvalue weighted by Gasteiger charge is -2.32. The maximum absolute atomic E-state index is 12.5. The van der Waals surface area contributed by atoms with Crippen LogP contribution in [0.2, 0.25) is 0 Å². The summed E-state index contributed by atoms with van der Waals surface area (Å²) in [5.41, 5.74) is 1.94. The highest BCUT2D eigenvalue weighted by molar-refractivity contribution is 5.81. The molecule has 2 aromatic rings. The van der Waals surface area contributed by atoms with E-state index in [0.29, 0.717) is 19.5 Å². The third kappa shape index (κ3) is 4.50. The Morgan fingerprint density at radius 3 is 2.85 bits per heavy atom. The van der Waals surface area contributed by atoms with Gasteiger partial charge < -0.3 is 10.2 Å². The van der Waals surface area contributed by atoms with E-state index in [1.54, 1.807) is 10.9 Å². The zero-order valence-electron chi connectivity index (χ0n) is 15.2. The molecule has 1 aliphatic rings. The van der Waals surface area contributed by atoms with Crippen LogP contribution < -0.4 is 5.32 Å². The highest BCUT2D eigenvalue weighted by atomic mass is 16.2. The van der Waals surface area contributed by atoms with Gasteiger partial charge in [0, 0.05) is 37.8 Å². The lowest BCUT2D eigenvalue weighted by Crippen LogP contribution is -2.45. The smallest absolute Gasteiger partial charge is 0.225 e. The first-order chi connectivity index (χ1) is 12.7. The molecule has 2 heterocycles. The maximum Gasteiger partial charge on any atom is 0.225 e. The predicted molar refractivity (Wildman–Crippen MR) is 99.6 cm³/mol. The summed E-state index contributed by atoms with van der Waals surface area (Å²) in [6, 6.07) is 9.87. The third-order valence-corrected chi connectivity index (χ3v) is 4.73. The third-order valence-electron chi connectivity index (χ3n) is 4.73. The Morgan fingerprint density at radius 2 is 2.08 bits per heavy atom. The number of carbonyl (C=O) groups is 2. The number of benzene rings is 1. The van der Waals surface area contributed by atoms with Crippen molar-refractivity contribution in [3.05, 3.63) is 48.3 Å². The Balaban J connectivity index is 1.52. The van der Waals surface area contributed by atoms with Crippen LogP contribution in [0.25, 0.3) is 5.69 Å². The van der Waals surface area contributed by atoms with E-state index in [0.717, 1.165) is 37.1 Å². The van der Waals surface area contributed by atoms with Crippen LogP contribution in [0.5, 0.6) is 0 Å². The summed E-state index contributed by atoms with van der Waals surface area (Å²) < 4.78 is 1.80. The lowest BCUT2D eigenvalue weighted by atomic mass is 9.96. The van der Waals surface area contributed by atoms with Gasteiger partial charge in [-0.3, -0.25) is 9.59 Å². The molecule has 1 aliphatic heterocycles. The fourth-order valence-corrected chi connectivity index (χ4v) is 3.30. The van der Waals surface area contributed by atoms with Crippen molar-refractivity contribution >= 4 is 11.8 Å². The average Bonchev–Trinajstić information content (AvgIpc) is 3.16. The topological polar surface area (TPSA) is 67.2 Å². The maximum atomic E-state index is 12.5. The van der Waals surface area contributed by atoms with Gasteiger partial charge in [-0.25, -0.2) is 4.68 Å². The van der Waals surface area contributed by atoms with Gasteiger partial charge in [-0.05, 0) is 31.4 Å². The second-order valence-electron chi connectivity index (χ2n) is 6.78. The first-order valence-electron chi connectivity index (χ1n) is 9.32. The molecule has 0 saturated carbocycles. The molecule has 1 aromatic heterocycles. The SMILES string of the molecule is CCCC(=O)N1CCC[C@H](C(=O)NCc2cnn(-c3ccccc3)c2)C1. The van der Waals surface area contributed by atoms with Crippen LogP contribution in [-0.4, -0.2) is 39.6 Å². The van der Waals surface area contributed by atoms with E-state index in [1.165, 1.54) is 0 Å². The molecule has 0 unspecified atom stereocenters. The van der Waals surface area contributed by atoms with Crippen molar-refractivity contribution in [3.8, 4) is 5.69 Å². The summed E-state index contributed by atoms with van der Waals surface area (Å²) in [6.07, 6.45) is 6.83. The van der Waals surface area contributed by atoms with E-state index in [-0.39, 0.29) is 17.7 Å². The molecule has 0 aliphatic carbocycles. The molecule has 0 bridgehead atoms. The van der Waals surface area contributed by atoms with Crippen molar-refractivity contribution < 1.29 is 9.59 Å². The summed E-state index contributed by atoms with van der Waals surface area (Å²) in [4.78, 5) is 26.4. The van der Waals surface area contributed by atoms with E-state index in [2.05, 4.69) is 10.4 Å². The number of amides is 2. The van der Waals surface area contributed by atoms with Gasteiger partial charge in [-0.15, -0.1) is 0 Å². The average molecular weight is 354 g/mol. The molecule has 6 heteroatoms. The largest absolute Gasteiger partial charge is 0.352 e. The summed E-state index contributed by atoms with van der Waals surface area (Å²) in [5.74, 6) is 0.0642. The Kier molecular flexibility index (Phi) is 6.04. The fraction of sp³-hybridized carbons (Fsp3) is 0.450. The molecule has 1 atom stereocenters. The first-order valence-corrected chi connectivity index (χ1v) is 9.32. The van der Waals surface area contributed by atoms with Crippen molar-refractivity contribution in [1.82, 2.24) is 20.0 Å². The van der Waals surface area contributed by atoms with Gasteiger partial charge in [-0.1, -0.05) is 25.1 Å². The zero-order valence-corrected chi connectivity index (χ0v) is 15.2. The van der Waals surface area contributed by atoms with Crippen LogP contribution in [0.3, 0.4) is 0 Å². The summed E-state index contributed by atoms with van der Waals surface area (Å²) in [5, 5.41) is 7.34. The van der Waals surface area contributed by atoms with Crippen molar-refractivity contribution in [2.75, 3.05) is 13.1 Å². The number of hydrogen-bond donors (Lipinski definition) is 1. The number of nitrogens with one attached hydrogen (secondary N) is 1. The van der Waals surface area contributed by atoms with Crippen LogP contribution in [0.4, 0.5) is 0 Å². The van der Waals surface area contributed by atoms with Gasteiger partial charge in [-0.2, -0.15) is 5.10 Å². The molecular formula is C20H26N4O2. The van der Waals surface area contributed by atoms with Gasteiger partial charge >= 0.3 is 0 Å². The molecule has 138 valence electrons. The highest BCUT2D eigenvalue weighted by Crippen LogP contribution is 2.18. The van der Waals surface area contributed by atoms with Crippen molar-refractivity contribution in [2.24, 2.45) is 5.92 Å². The zero-order chi connectivity index (χ0) is 18.4. The summed E-state index contributed by atoms with van der Waals surface area (Å²) in [7, 11) is 0. The van der Waals surface area contributed by atoms with Gasteiger partial charge in [0.25, 0.3) is 0 Å². The number of hydrogen-bond acceptors (Lipinski definition) is 3. The van der Waals surface area contributed by atoms with Gasteiger partial charge in [0.1, 0.15) is 0 Å². The molecular weight excluding hydrogens is 328 g/mol. The highest BCUT2D eigenvalue weighted by Gasteiger charge is 2.27. The van der Waals surface area contributed by atoms with Crippen molar-refractivity contribution in [1.29, 1.82) is 0 Å². The molecule has 3 rings (SSSR count). The van der Waals surface area contributed by atoms with Crippen molar-refractivity contribution in [3.63, 3.8) is 0 Å². The summed E-state index contributed by atoms with van der Waals surface area (Å²) in [6.45, 7) is 3.76. The van der Waals surface area contributed by atoms with Gasteiger partial charge in [0.15, 0.2) is 0 Å². The Labute approximate surface area is 154 Å². The minimum absolute atomic E-state index is 0.0199. The van der Waals surface area contributed by atoms with Crippen LogP contribution in [0, 0.1) is 5.92 Å². The summed E-state index contributed by atoms with van der Waals surface area (Å²) >= 11 is 0. The minimum atomic E-state index is -0.117. The molecule has 1 N–H and O–H groups in total. The number of aromatic nitrogens is 2. The molecule has 1 aromatic carbocycles. The van der Waals surface area contributed by atoms with E-state index in [9.17, 15) is 9.59 Å². The van der Waals surface area contributed by atoms with E-state index in [4.69, 9.17) is 0 Å². The van der Waals surface area contributed by atoms with E-state index >= 15 is 0 Å². The quantitative estimate of drug-likeness (QED) is 0.867.